The summed E-state index contributed by atoms with van der Waals surface area (Å²) in [6.07, 6.45) is 88.4. The molecule has 0 saturated carbocycles. The molecule has 0 aliphatic carbocycles. The lowest BCUT2D eigenvalue weighted by Crippen LogP contribution is -2.30. The second kappa shape index (κ2) is 61.8. The molecule has 0 aromatic rings. The van der Waals surface area contributed by atoms with E-state index in [1.807, 2.05) is 0 Å². The molecule has 0 aromatic carbocycles. The normalized spacial score (nSPS) is 13.2. The van der Waals surface area contributed by atoms with Crippen molar-refractivity contribution in [1.29, 1.82) is 0 Å². The van der Waals surface area contributed by atoms with E-state index in [9.17, 15) is 14.4 Å². The third-order valence-corrected chi connectivity index (χ3v) is 12.3. The maximum atomic E-state index is 12.9. The molecule has 0 amide bonds. The predicted molar refractivity (Wildman–Crippen MR) is 325 cm³/mol. The molecule has 0 N–H and O–H groups in total. The predicted octanol–water partition coefficient (Wildman–Crippen LogP) is 20.8. The van der Waals surface area contributed by atoms with E-state index in [1.54, 1.807) is 0 Å². The molecule has 0 aliphatic heterocycles. The summed E-state index contributed by atoms with van der Waals surface area (Å²) in [4.78, 5) is 38.2. The number of rotatable bonds is 53. The monoisotopic (exact) mass is 1030 g/mol. The Kier molecular flexibility index (Phi) is 58.0. The molecule has 0 bridgehead atoms. The fraction of sp³-hybridized carbons (Fsp3) is 0.609. The largest absolute Gasteiger partial charge is 0.462 e. The first-order chi connectivity index (χ1) is 37.0. The van der Waals surface area contributed by atoms with Crippen molar-refractivity contribution < 1.29 is 28.6 Å². The highest BCUT2D eigenvalue weighted by Crippen LogP contribution is 2.13. The standard InChI is InChI=1S/C69H110O6/c1-4-7-10-13-16-19-22-24-26-28-30-31-32-33-34-35-36-37-39-40-42-44-47-50-53-56-59-62-68(71)74-65-66(64-73-67(70)61-58-55-52-49-46-21-18-15-12-9-6-3)75-69(72)63-60-57-54-51-48-45-43-41-38-29-27-25-23-20-17-14-11-8-5-2/h7,10,15-20,24-27,30-31,33-34,36-38,40-42,47,50,66H,4-6,8-9,11-14,21-23,28-29,32,35,39,43-46,48-49,51-65H2,1-3H3/b10-7-,18-15-,19-16-,20-17-,26-24-,27-25-,31-30-,34-33-,37-36-,41-38-,42-40-,50-47-. The number of carbonyl (C=O) groups is 3. The molecule has 1 atom stereocenters. The van der Waals surface area contributed by atoms with Gasteiger partial charge in [-0.1, -0.05) is 237 Å². The summed E-state index contributed by atoms with van der Waals surface area (Å²) < 4.78 is 16.8. The first kappa shape index (κ1) is 70.3. The van der Waals surface area contributed by atoms with Crippen LogP contribution >= 0.6 is 0 Å². The molecule has 0 rings (SSSR count). The molecular weight excluding hydrogens is 925 g/mol. The SMILES string of the molecule is CC/C=C\C/C=C\C/C=C\C/C=C\C/C=C\C/C=C\C/C=C\C/C=C\CCCCC(=O)OCC(COC(=O)CCCCCCC/C=C\CCCC)OC(=O)CCCCCCCC/C=C\C/C=C\C/C=C\CCCCC. The van der Waals surface area contributed by atoms with Gasteiger partial charge in [-0.2, -0.15) is 0 Å². The van der Waals surface area contributed by atoms with Crippen molar-refractivity contribution in [3.63, 3.8) is 0 Å². The van der Waals surface area contributed by atoms with Crippen LogP contribution in [0.3, 0.4) is 0 Å². The Morgan fingerprint density at radius 2 is 0.533 bits per heavy atom. The Labute approximate surface area is 461 Å². The molecule has 0 radical (unpaired) electrons. The van der Waals surface area contributed by atoms with E-state index in [1.165, 1.54) is 64.2 Å². The summed E-state index contributed by atoms with van der Waals surface area (Å²) in [5, 5.41) is 0. The molecule has 0 saturated heterocycles. The lowest BCUT2D eigenvalue weighted by atomic mass is 10.1. The van der Waals surface area contributed by atoms with Gasteiger partial charge in [-0.3, -0.25) is 14.4 Å². The van der Waals surface area contributed by atoms with Crippen molar-refractivity contribution in [2.45, 2.75) is 258 Å². The van der Waals surface area contributed by atoms with Gasteiger partial charge in [0.05, 0.1) is 0 Å². The number of esters is 3. The van der Waals surface area contributed by atoms with Gasteiger partial charge in [-0.25, -0.2) is 0 Å². The zero-order chi connectivity index (χ0) is 54.3. The second-order valence-corrected chi connectivity index (χ2v) is 19.5. The van der Waals surface area contributed by atoms with Crippen molar-refractivity contribution >= 4 is 17.9 Å². The molecule has 0 fully saturated rings. The Bertz CT molecular complexity index is 1660. The third-order valence-electron chi connectivity index (χ3n) is 12.3. The number of unbranched alkanes of at least 4 members (excludes halogenated alkanes) is 18. The van der Waals surface area contributed by atoms with Gasteiger partial charge in [0.2, 0.25) is 0 Å². The molecule has 6 nitrogen and oxygen atoms in total. The summed E-state index contributed by atoms with van der Waals surface area (Å²) in [7, 11) is 0. The van der Waals surface area contributed by atoms with Crippen LogP contribution in [0.5, 0.6) is 0 Å². The summed E-state index contributed by atoms with van der Waals surface area (Å²) in [6.45, 7) is 6.40. The van der Waals surface area contributed by atoms with Gasteiger partial charge in [0.1, 0.15) is 13.2 Å². The van der Waals surface area contributed by atoms with Crippen LogP contribution in [0, 0.1) is 0 Å². The number of allylic oxidation sites excluding steroid dienone is 24. The fourth-order valence-corrected chi connectivity index (χ4v) is 7.74. The first-order valence-corrected chi connectivity index (χ1v) is 30.3. The minimum absolute atomic E-state index is 0.107. The first-order valence-electron chi connectivity index (χ1n) is 30.3. The van der Waals surface area contributed by atoms with Gasteiger partial charge in [0.15, 0.2) is 6.10 Å². The average Bonchev–Trinajstić information content (AvgIpc) is 3.41. The zero-order valence-electron chi connectivity index (χ0n) is 48.3. The highest BCUT2D eigenvalue weighted by atomic mass is 16.6. The number of hydrogen-bond acceptors (Lipinski definition) is 6. The van der Waals surface area contributed by atoms with Gasteiger partial charge in [0, 0.05) is 19.3 Å². The van der Waals surface area contributed by atoms with Crippen LogP contribution < -0.4 is 0 Å². The highest BCUT2D eigenvalue weighted by Gasteiger charge is 2.19. The van der Waals surface area contributed by atoms with Gasteiger partial charge < -0.3 is 14.2 Å². The van der Waals surface area contributed by atoms with E-state index >= 15 is 0 Å². The van der Waals surface area contributed by atoms with Crippen LogP contribution in [-0.2, 0) is 28.6 Å². The van der Waals surface area contributed by atoms with E-state index in [4.69, 9.17) is 14.2 Å². The molecule has 0 heterocycles. The Hall–Kier alpha value is -4.71. The summed E-state index contributed by atoms with van der Waals surface area (Å²) in [5.74, 6) is -0.979. The van der Waals surface area contributed by atoms with Crippen LogP contribution in [0.15, 0.2) is 146 Å². The van der Waals surface area contributed by atoms with Crippen molar-refractivity contribution in [2.75, 3.05) is 13.2 Å². The highest BCUT2D eigenvalue weighted by molar-refractivity contribution is 5.71. The molecule has 0 aromatic heterocycles. The van der Waals surface area contributed by atoms with Crippen LogP contribution in [0.1, 0.15) is 252 Å². The van der Waals surface area contributed by atoms with Gasteiger partial charge in [-0.05, 0) is 141 Å². The van der Waals surface area contributed by atoms with E-state index < -0.39 is 6.10 Å². The number of hydrogen-bond donors (Lipinski definition) is 0. The smallest absolute Gasteiger partial charge is 0.306 e. The quantitative estimate of drug-likeness (QED) is 0.0261. The van der Waals surface area contributed by atoms with Crippen LogP contribution in [0.2, 0.25) is 0 Å². The van der Waals surface area contributed by atoms with Gasteiger partial charge in [0.25, 0.3) is 0 Å². The molecule has 0 spiro atoms. The molecule has 422 valence electrons. The Balaban J connectivity index is 4.45. The minimum atomic E-state index is -0.813. The van der Waals surface area contributed by atoms with Gasteiger partial charge >= 0.3 is 17.9 Å². The molecule has 1 unspecified atom stereocenters. The summed E-state index contributed by atoms with van der Waals surface area (Å²) in [6, 6.07) is 0. The lowest BCUT2D eigenvalue weighted by Gasteiger charge is -2.18. The van der Waals surface area contributed by atoms with Crippen LogP contribution in [0.4, 0.5) is 0 Å². The second-order valence-electron chi connectivity index (χ2n) is 19.5. The Morgan fingerprint density at radius 3 is 0.893 bits per heavy atom. The summed E-state index contributed by atoms with van der Waals surface area (Å²) in [5.41, 5.74) is 0. The third kappa shape index (κ3) is 60.0. The van der Waals surface area contributed by atoms with Crippen molar-refractivity contribution in [3.05, 3.63) is 146 Å². The van der Waals surface area contributed by atoms with E-state index in [0.29, 0.717) is 25.7 Å². The van der Waals surface area contributed by atoms with Crippen molar-refractivity contribution in [2.24, 2.45) is 0 Å². The minimum Gasteiger partial charge on any atom is -0.462 e. The molecular formula is C69H110O6. The Morgan fingerprint density at radius 1 is 0.280 bits per heavy atom. The van der Waals surface area contributed by atoms with Crippen LogP contribution in [-0.4, -0.2) is 37.2 Å². The van der Waals surface area contributed by atoms with E-state index in [-0.39, 0.29) is 31.1 Å². The number of ether oxygens (including phenoxy) is 3. The van der Waals surface area contributed by atoms with E-state index in [0.717, 1.165) is 141 Å². The average molecular weight is 1040 g/mol. The molecule has 0 aliphatic rings. The zero-order valence-corrected chi connectivity index (χ0v) is 48.3. The van der Waals surface area contributed by atoms with Crippen LogP contribution in [0.25, 0.3) is 0 Å². The lowest BCUT2D eigenvalue weighted by molar-refractivity contribution is -0.167. The fourth-order valence-electron chi connectivity index (χ4n) is 7.74. The van der Waals surface area contributed by atoms with Crippen molar-refractivity contribution in [1.82, 2.24) is 0 Å². The molecule has 6 heteroatoms. The number of carbonyl (C=O) groups excluding carboxylic acids is 3. The maximum Gasteiger partial charge on any atom is 0.306 e. The van der Waals surface area contributed by atoms with Gasteiger partial charge in [-0.15, -0.1) is 0 Å². The topological polar surface area (TPSA) is 78.9 Å². The van der Waals surface area contributed by atoms with Crippen molar-refractivity contribution in [3.8, 4) is 0 Å². The summed E-state index contributed by atoms with van der Waals surface area (Å²) >= 11 is 0. The molecule has 75 heavy (non-hydrogen) atoms. The maximum absolute atomic E-state index is 12.9. The van der Waals surface area contributed by atoms with E-state index in [2.05, 4.69) is 167 Å².